The van der Waals surface area contributed by atoms with E-state index in [1.54, 1.807) is 0 Å². The molecular formula is C4H7N3O2. The van der Waals surface area contributed by atoms with E-state index in [2.05, 4.69) is 14.7 Å². The third-order valence-electron chi connectivity index (χ3n) is 0.691. The lowest BCUT2D eigenvalue weighted by Gasteiger charge is -1.88. The minimum Gasteiger partial charge on any atom is -0.449 e. The molecular weight excluding hydrogens is 122 g/mol. The molecule has 5 nitrogen and oxygen atoms in total. The van der Waals surface area contributed by atoms with Gasteiger partial charge < -0.3 is 10.5 Å². The highest BCUT2D eigenvalue weighted by molar-refractivity contribution is 5.12. The number of ether oxygens (including phenoxy) is 1. The van der Waals surface area contributed by atoms with Crippen molar-refractivity contribution in [1.82, 2.24) is 10.1 Å². The molecule has 1 aromatic rings. The predicted molar refractivity (Wildman–Crippen MR) is 29.9 cm³/mol. The third-order valence-corrected chi connectivity index (χ3v) is 0.691. The van der Waals surface area contributed by atoms with Crippen molar-refractivity contribution in [2.75, 3.05) is 12.3 Å². The van der Waals surface area contributed by atoms with Crippen molar-refractivity contribution >= 4 is 5.95 Å². The molecule has 1 heterocycles. The quantitative estimate of drug-likeness (QED) is 0.610. The van der Waals surface area contributed by atoms with E-state index in [0.29, 0.717) is 6.61 Å². The first-order valence-corrected chi connectivity index (χ1v) is 2.55. The molecule has 0 saturated carbocycles. The van der Waals surface area contributed by atoms with Crippen LogP contribution in [0.25, 0.3) is 0 Å². The van der Waals surface area contributed by atoms with Crippen LogP contribution in [-0.4, -0.2) is 16.7 Å². The van der Waals surface area contributed by atoms with Gasteiger partial charge in [0.2, 0.25) is 0 Å². The van der Waals surface area contributed by atoms with E-state index in [1.807, 2.05) is 6.92 Å². The van der Waals surface area contributed by atoms with Crippen molar-refractivity contribution in [2.45, 2.75) is 6.92 Å². The van der Waals surface area contributed by atoms with E-state index >= 15 is 0 Å². The number of aromatic nitrogens is 2. The molecule has 0 aliphatic rings. The smallest absolute Gasteiger partial charge is 0.418 e. The average Bonchev–Trinajstić information content (AvgIpc) is 2.17. The Morgan fingerprint density at radius 1 is 1.78 bits per heavy atom. The molecule has 0 aliphatic heterocycles. The topological polar surface area (TPSA) is 74.2 Å². The highest BCUT2D eigenvalue weighted by Gasteiger charge is 1.99. The minimum absolute atomic E-state index is 0.0958. The molecule has 0 saturated heterocycles. The SMILES string of the molecule is CCOc1nc(N)no1. The molecule has 50 valence electrons. The van der Waals surface area contributed by atoms with Gasteiger partial charge in [-0.15, -0.1) is 4.98 Å². The van der Waals surface area contributed by atoms with Crippen LogP contribution in [0.15, 0.2) is 4.52 Å². The van der Waals surface area contributed by atoms with Crippen molar-refractivity contribution in [3.63, 3.8) is 0 Å². The number of nitrogens with two attached hydrogens (primary N) is 1. The second kappa shape index (κ2) is 2.34. The second-order valence-corrected chi connectivity index (χ2v) is 1.35. The highest BCUT2D eigenvalue weighted by atomic mass is 16.6. The number of rotatable bonds is 2. The zero-order chi connectivity index (χ0) is 6.69. The molecule has 0 amide bonds. The third kappa shape index (κ3) is 1.31. The van der Waals surface area contributed by atoms with E-state index in [1.165, 1.54) is 0 Å². The zero-order valence-electron chi connectivity index (χ0n) is 5.00. The Morgan fingerprint density at radius 3 is 3.00 bits per heavy atom. The summed E-state index contributed by atoms with van der Waals surface area (Å²) >= 11 is 0. The van der Waals surface area contributed by atoms with Crippen LogP contribution in [0, 0.1) is 0 Å². The standard InChI is InChI=1S/C4H7N3O2/c1-2-8-4-6-3(5)7-9-4/h2H2,1H3,(H2,5,7). The van der Waals surface area contributed by atoms with Gasteiger partial charge in [-0.25, -0.2) is 0 Å². The summed E-state index contributed by atoms with van der Waals surface area (Å²) in [5.41, 5.74) is 5.11. The molecule has 0 aromatic carbocycles. The maximum absolute atomic E-state index is 5.11. The molecule has 0 unspecified atom stereocenters. The molecule has 1 aromatic heterocycles. The molecule has 5 heteroatoms. The Labute approximate surface area is 51.8 Å². The molecule has 9 heavy (non-hydrogen) atoms. The largest absolute Gasteiger partial charge is 0.449 e. The Balaban J connectivity index is 2.61. The molecule has 0 fully saturated rings. The molecule has 0 bridgehead atoms. The van der Waals surface area contributed by atoms with E-state index in [4.69, 9.17) is 10.5 Å². The van der Waals surface area contributed by atoms with Crippen LogP contribution < -0.4 is 10.5 Å². The van der Waals surface area contributed by atoms with Crippen LogP contribution in [0.4, 0.5) is 5.95 Å². The van der Waals surface area contributed by atoms with Gasteiger partial charge >= 0.3 is 6.08 Å². The van der Waals surface area contributed by atoms with Crippen molar-refractivity contribution in [3.8, 4) is 6.08 Å². The van der Waals surface area contributed by atoms with Crippen LogP contribution in [0.1, 0.15) is 6.92 Å². The van der Waals surface area contributed by atoms with Crippen LogP contribution in [0.5, 0.6) is 6.08 Å². The van der Waals surface area contributed by atoms with Crippen LogP contribution >= 0.6 is 0 Å². The average molecular weight is 129 g/mol. The summed E-state index contributed by atoms with van der Waals surface area (Å²) in [4.78, 5) is 3.58. The second-order valence-electron chi connectivity index (χ2n) is 1.35. The lowest BCUT2D eigenvalue weighted by Crippen LogP contribution is -1.91. The van der Waals surface area contributed by atoms with Gasteiger partial charge in [0.1, 0.15) is 0 Å². The normalized spacial score (nSPS) is 9.44. The van der Waals surface area contributed by atoms with Gasteiger partial charge in [0.15, 0.2) is 0 Å². The number of hydrogen-bond acceptors (Lipinski definition) is 5. The van der Waals surface area contributed by atoms with Crippen LogP contribution in [0.3, 0.4) is 0 Å². The zero-order valence-corrected chi connectivity index (χ0v) is 5.00. The minimum atomic E-state index is 0.0958. The van der Waals surface area contributed by atoms with Gasteiger partial charge in [0, 0.05) is 0 Å². The van der Waals surface area contributed by atoms with E-state index in [9.17, 15) is 0 Å². The first-order chi connectivity index (χ1) is 4.33. The summed E-state index contributed by atoms with van der Waals surface area (Å²) in [5, 5.41) is 3.30. The van der Waals surface area contributed by atoms with Crippen molar-refractivity contribution in [1.29, 1.82) is 0 Å². The van der Waals surface area contributed by atoms with Gasteiger partial charge in [0.05, 0.1) is 6.61 Å². The molecule has 1 rings (SSSR count). The highest BCUT2D eigenvalue weighted by Crippen LogP contribution is 2.05. The van der Waals surface area contributed by atoms with Crippen LogP contribution in [-0.2, 0) is 0 Å². The number of anilines is 1. The van der Waals surface area contributed by atoms with Crippen molar-refractivity contribution in [2.24, 2.45) is 0 Å². The molecule has 0 radical (unpaired) electrons. The Bertz CT molecular complexity index is 186. The fourth-order valence-electron chi connectivity index (χ4n) is 0.402. The Morgan fingerprint density at radius 2 is 2.56 bits per heavy atom. The first-order valence-electron chi connectivity index (χ1n) is 2.55. The maximum Gasteiger partial charge on any atom is 0.418 e. The number of hydrogen-bond donors (Lipinski definition) is 1. The fourth-order valence-corrected chi connectivity index (χ4v) is 0.402. The predicted octanol–water partition coefficient (Wildman–Crippen LogP) is 0.0505. The summed E-state index contributed by atoms with van der Waals surface area (Å²) in [6, 6.07) is 0. The Hall–Kier alpha value is -1.26. The first kappa shape index (κ1) is 5.87. The van der Waals surface area contributed by atoms with Gasteiger partial charge in [-0.2, -0.15) is 0 Å². The lowest BCUT2D eigenvalue weighted by molar-refractivity contribution is 0.215. The van der Waals surface area contributed by atoms with Crippen LogP contribution in [0.2, 0.25) is 0 Å². The van der Waals surface area contributed by atoms with Gasteiger partial charge in [0.25, 0.3) is 5.95 Å². The summed E-state index contributed by atoms with van der Waals surface area (Å²) in [7, 11) is 0. The molecule has 0 atom stereocenters. The maximum atomic E-state index is 5.11. The van der Waals surface area contributed by atoms with E-state index < -0.39 is 0 Å². The van der Waals surface area contributed by atoms with E-state index in [0.717, 1.165) is 0 Å². The van der Waals surface area contributed by atoms with Gasteiger partial charge in [-0.05, 0) is 12.1 Å². The van der Waals surface area contributed by atoms with Crippen molar-refractivity contribution < 1.29 is 9.26 Å². The number of nitrogen functional groups attached to an aromatic ring is 1. The monoisotopic (exact) mass is 129 g/mol. The fraction of sp³-hybridized carbons (Fsp3) is 0.500. The molecule has 0 aliphatic carbocycles. The summed E-state index contributed by atoms with van der Waals surface area (Å²) in [5.74, 6) is 0.0958. The number of nitrogens with zero attached hydrogens (tertiary/aromatic N) is 2. The molecule has 0 spiro atoms. The summed E-state index contributed by atoms with van der Waals surface area (Å²) in [6.07, 6.45) is 0.120. The van der Waals surface area contributed by atoms with Crippen molar-refractivity contribution in [3.05, 3.63) is 0 Å². The Kier molecular flexibility index (Phi) is 1.53. The summed E-state index contributed by atoms with van der Waals surface area (Å²) < 4.78 is 9.30. The van der Waals surface area contributed by atoms with Gasteiger partial charge in [-0.1, -0.05) is 0 Å². The van der Waals surface area contributed by atoms with E-state index in [-0.39, 0.29) is 12.0 Å². The summed E-state index contributed by atoms with van der Waals surface area (Å²) in [6.45, 7) is 2.32. The molecule has 2 N–H and O–H groups in total. The lowest BCUT2D eigenvalue weighted by atomic mass is 10.9. The van der Waals surface area contributed by atoms with Gasteiger partial charge in [-0.3, -0.25) is 4.52 Å².